The molecule has 1 aliphatic heterocycles. The molecule has 2 heterocycles. The Morgan fingerprint density at radius 1 is 0.900 bits per heavy atom. The number of hydrogen-bond acceptors (Lipinski definition) is 3. The van der Waals surface area contributed by atoms with Crippen molar-refractivity contribution in [2.45, 2.75) is 25.7 Å². The number of carbonyl (C=O) groups is 2. The van der Waals surface area contributed by atoms with Crippen LogP contribution in [0.1, 0.15) is 46.4 Å². The van der Waals surface area contributed by atoms with Crippen LogP contribution in [0.15, 0.2) is 65.3 Å². The van der Waals surface area contributed by atoms with Gasteiger partial charge in [0.2, 0.25) is 0 Å². The van der Waals surface area contributed by atoms with Crippen LogP contribution < -0.4 is 5.32 Å². The van der Waals surface area contributed by atoms with Crippen LogP contribution in [0.2, 0.25) is 0 Å². The summed E-state index contributed by atoms with van der Waals surface area (Å²) in [7, 11) is 0. The van der Waals surface area contributed by atoms with E-state index in [1.165, 1.54) is 0 Å². The van der Waals surface area contributed by atoms with Gasteiger partial charge < -0.3 is 10.2 Å². The Balaban J connectivity index is 1.69. The van der Waals surface area contributed by atoms with Gasteiger partial charge in [-0.3, -0.25) is 9.59 Å². The fourth-order valence-corrected chi connectivity index (χ4v) is 3.88. The van der Waals surface area contributed by atoms with Gasteiger partial charge in [-0.2, -0.15) is 5.10 Å². The van der Waals surface area contributed by atoms with E-state index in [9.17, 15) is 9.59 Å². The number of aromatic nitrogens is 2. The molecule has 0 unspecified atom stereocenters. The number of benzene rings is 2. The number of rotatable bonds is 4. The van der Waals surface area contributed by atoms with Gasteiger partial charge in [-0.1, -0.05) is 47.0 Å². The van der Waals surface area contributed by atoms with Gasteiger partial charge in [0.15, 0.2) is 0 Å². The molecule has 4 rings (SSSR count). The van der Waals surface area contributed by atoms with E-state index in [2.05, 4.69) is 26.3 Å². The largest absolute Gasteiger partial charge is 0.338 e. The van der Waals surface area contributed by atoms with Gasteiger partial charge in [-0.25, -0.2) is 4.68 Å². The summed E-state index contributed by atoms with van der Waals surface area (Å²) in [5, 5.41) is 7.36. The minimum absolute atomic E-state index is 0.0924. The molecule has 0 spiro atoms. The molecule has 6 nitrogen and oxygen atoms in total. The van der Waals surface area contributed by atoms with Gasteiger partial charge in [-0.05, 0) is 49.2 Å². The van der Waals surface area contributed by atoms with Crippen molar-refractivity contribution in [1.29, 1.82) is 0 Å². The molecule has 1 aliphatic rings. The lowest BCUT2D eigenvalue weighted by Crippen LogP contribution is -2.32. The SMILES string of the molecule is O=C(Nc1c(C(=O)N2CCCCCC2)cnn1-c1ccccc1)c1ccc(Br)cc1. The van der Waals surface area contributed by atoms with E-state index >= 15 is 0 Å². The number of halogens is 1. The third kappa shape index (κ3) is 4.46. The van der Waals surface area contributed by atoms with E-state index in [0.29, 0.717) is 16.9 Å². The normalized spacial score (nSPS) is 14.2. The number of likely N-dealkylation sites (tertiary alicyclic amines) is 1. The first-order valence-corrected chi connectivity index (χ1v) is 10.9. The third-order valence-corrected chi connectivity index (χ3v) is 5.76. The lowest BCUT2D eigenvalue weighted by molar-refractivity contribution is 0.0762. The second kappa shape index (κ2) is 9.26. The van der Waals surface area contributed by atoms with Gasteiger partial charge >= 0.3 is 0 Å². The molecule has 1 N–H and O–H groups in total. The smallest absolute Gasteiger partial charge is 0.259 e. The van der Waals surface area contributed by atoms with Crippen LogP contribution >= 0.6 is 15.9 Å². The molecular formula is C23H23BrN4O2. The fourth-order valence-electron chi connectivity index (χ4n) is 3.62. The fraction of sp³-hybridized carbons (Fsp3) is 0.261. The van der Waals surface area contributed by atoms with E-state index in [4.69, 9.17) is 0 Å². The van der Waals surface area contributed by atoms with E-state index in [1.54, 1.807) is 23.0 Å². The van der Waals surface area contributed by atoms with Crippen molar-refractivity contribution in [2.24, 2.45) is 0 Å². The first-order chi connectivity index (χ1) is 14.6. The van der Waals surface area contributed by atoms with E-state index in [0.717, 1.165) is 48.9 Å². The Morgan fingerprint density at radius 3 is 2.23 bits per heavy atom. The first kappa shape index (κ1) is 20.3. The average Bonchev–Trinajstić information content (AvgIpc) is 2.99. The highest BCUT2D eigenvalue weighted by Crippen LogP contribution is 2.24. The second-order valence-corrected chi connectivity index (χ2v) is 8.24. The Morgan fingerprint density at radius 2 is 1.57 bits per heavy atom. The maximum atomic E-state index is 13.3. The van der Waals surface area contributed by atoms with Crippen molar-refractivity contribution >= 4 is 33.6 Å². The van der Waals surface area contributed by atoms with Crippen LogP contribution in [0.25, 0.3) is 5.69 Å². The zero-order valence-corrected chi connectivity index (χ0v) is 18.1. The molecule has 7 heteroatoms. The minimum atomic E-state index is -0.287. The molecule has 0 bridgehead atoms. The number of anilines is 1. The van der Waals surface area contributed by atoms with Crippen molar-refractivity contribution in [2.75, 3.05) is 18.4 Å². The van der Waals surface area contributed by atoms with Crippen molar-refractivity contribution in [1.82, 2.24) is 14.7 Å². The summed E-state index contributed by atoms with van der Waals surface area (Å²) in [5.41, 5.74) is 1.69. The quantitative estimate of drug-likeness (QED) is 0.594. The molecule has 2 amide bonds. The Bertz CT molecular complexity index is 1020. The number of hydrogen-bond donors (Lipinski definition) is 1. The minimum Gasteiger partial charge on any atom is -0.338 e. The summed E-state index contributed by atoms with van der Waals surface area (Å²) in [6.45, 7) is 1.46. The molecule has 0 saturated carbocycles. The standard InChI is InChI=1S/C23H23BrN4O2/c24-18-12-10-17(11-13-18)22(29)26-21-20(23(30)27-14-6-1-2-7-15-27)16-25-28(21)19-8-4-3-5-9-19/h3-5,8-13,16H,1-2,6-7,14-15H2,(H,26,29). The van der Waals surface area contributed by atoms with E-state index in [-0.39, 0.29) is 11.8 Å². The van der Waals surface area contributed by atoms with Crippen LogP contribution in [0.3, 0.4) is 0 Å². The summed E-state index contributed by atoms with van der Waals surface area (Å²) < 4.78 is 2.51. The highest BCUT2D eigenvalue weighted by molar-refractivity contribution is 9.10. The summed E-state index contributed by atoms with van der Waals surface area (Å²) in [6, 6.07) is 16.6. The van der Waals surface area contributed by atoms with Crippen LogP contribution in [0.5, 0.6) is 0 Å². The Labute approximate surface area is 184 Å². The second-order valence-electron chi connectivity index (χ2n) is 7.32. The maximum absolute atomic E-state index is 13.3. The summed E-state index contributed by atoms with van der Waals surface area (Å²) in [6.07, 6.45) is 5.83. The molecule has 3 aromatic rings. The van der Waals surface area contributed by atoms with Gasteiger partial charge in [0.25, 0.3) is 11.8 Å². The van der Waals surface area contributed by atoms with Crippen molar-refractivity contribution in [3.05, 3.63) is 76.4 Å². The average molecular weight is 467 g/mol. The molecule has 2 aromatic carbocycles. The van der Waals surface area contributed by atoms with Crippen molar-refractivity contribution in [3.8, 4) is 5.69 Å². The molecule has 1 aromatic heterocycles. The van der Waals surface area contributed by atoms with Crippen molar-refractivity contribution < 1.29 is 9.59 Å². The molecule has 0 atom stereocenters. The summed E-state index contributed by atoms with van der Waals surface area (Å²) >= 11 is 3.38. The van der Waals surface area contributed by atoms with Gasteiger partial charge in [0.05, 0.1) is 11.9 Å². The predicted octanol–water partition coefficient (Wildman–Crippen LogP) is 4.90. The van der Waals surface area contributed by atoms with Gasteiger partial charge in [0, 0.05) is 23.1 Å². The monoisotopic (exact) mass is 466 g/mol. The highest BCUT2D eigenvalue weighted by Gasteiger charge is 2.25. The van der Waals surface area contributed by atoms with Gasteiger partial charge in [-0.15, -0.1) is 0 Å². The highest BCUT2D eigenvalue weighted by atomic mass is 79.9. The number of nitrogens with zero attached hydrogens (tertiary/aromatic N) is 3. The van der Waals surface area contributed by atoms with Crippen LogP contribution in [-0.2, 0) is 0 Å². The van der Waals surface area contributed by atoms with Crippen molar-refractivity contribution in [3.63, 3.8) is 0 Å². The molecule has 0 aliphatic carbocycles. The zero-order chi connectivity index (χ0) is 20.9. The lowest BCUT2D eigenvalue weighted by Gasteiger charge is -2.20. The molecular weight excluding hydrogens is 444 g/mol. The Kier molecular flexibility index (Phi) is 6.28. The first-order valence-electron chi connectivity index (χ1n) is 10.1. The predicted molar refractivity (Wildman–Crippen MR) is 120 cm³/mol. The molecule has 0 radical (unpaired) electrons. The zero-order valence-electron chi connectivity index (χ0n) is 16.6. The van der Waals surface area contributed by atoms with Crippen LogP contribution in [0, 0.1) is 0 Å². The number of amides is 2. The van der Waals surface area contributed by atoms with Gasteiger partial charge in [0.1, 0.15) is 11.4 Å². The lowest BCUT2D eigenvalue weighted by atomic mass is 10.2. The number of carbonyl (C=O) groups excluding carboxylic acids is 2. The molecule has 154 valence electrons. The Hall–Kier alpha value is -2.93. The van der Waals surface area contributed by atoms with Crippen LogP contribution in [0.4, 0.5) is 5.82 Å². The maximum Gasteiger partial charge on any atom is 0.259 e. The topological polar surface area (TPSA) is 67.2 Å². The third-order valence-electron chi connectivity index (χ3n) is 5.23. The van der Waals surface area contributed by atoms with E-state index < -0.39 is 0 Å². The summed E-state index contributed by atoms with van der Waals surface area (Å²) in [5.74, 6) is 0.0126. The van der Waals surface area contributed by atoms with E-state index in [1.807, 2.05) is 47.4 Å². The van der Waals surface area contributed by atoms with Crippen LogP contribution in [-0.4, -0.2) is 39.6 Å². The number of para-hydroxylation sites is 1. The molecule has 1 fully saturated rings. The molecule has 1 saturated heterocycles. The molecule has 30 heavy (non-hydrogen) atoms. The summed E-state index contributed by atoms with van der Waals surface area (Å²) in [4.78, 5) is 28.1. The number of nitrogens with one attached hydrogen (secondary N) is 1.